The summed E-state index contributed by atoms with van der Waals surface area (Å²) >= 11 is 12.2. The first kappa shape index (κ1) is 24.0. The number of para-hydroxylation sites is 1. The van der Waals surface area contributed by atoms with Crippen molar-refractivity contribution in [3.05, 3.63) is 64.9 Å². The van der Waals surface area contributed by atoms with Crippen LogP contribution in [-0.4, -0.2) is 60.4 Å². The molecule has 1 fully saturated rings. The van der Waals surface area contributed by atoms with Crippen molar-refractivity contribution in [2.45, 2.75) is 0 Å². The summed E-state index contributed by atoms with van der Waals surface area (Å²) in [6, 6.07) is 13.6. The van der Waals surface area contributed by atoms with Crippen LogP contribution in [0.15, 0.2) is 54.9 Å². The average Bonchev–Trinajstić information content (AvgIpc) is 2.84. The molecule has 0 radical (unpaired) electrons. The van der Waals surface area contributed by atoms with Gasteiger partial charge in [0.15, 0.2) is 0 Å². The monoisotopic (exact) mass is 502 g/mol. The highest BCUT2D eigenvalue weighted by atomic mass is 35.5. The highest BCUT2D eigenvalue weighted by molar-refractivity contribution is 6.39. The fourth-order valence-corrected chi connectivity index (χ4v) is 3.76. The summed E-state index contributed by atoms with van der Waals surface area (Å²) in [7, 11) is 0. The van der Waals surface area contributed by atoms with E-state index < -0.39 is 6.03 Å². The Balaban J connectivity index is 1.28. The molecule has 11 heteroatoms. The molecule has 0 atom stereocenters. The van der Waals surface area contributed by atoms with E-state index in [0.29, 0.717) is 34.0 Å². The SMILES string of the molecule is O=C(Nc1cc(Nc2ccc(OCCN3CCOCC3)cc2)ncn1)Nc1c(Cl)cccc1Cl. The lowest BCUT2D eigenvalue weighted by Crippen LogP contribution is -2.38. The maximum absolute atomic E-state index is 12.3. The number of hydrogen-bond acceptors (Lipinski definition) is 7. The quantitative estimate of drug-likeness (QED) is 0.403. The number of benzene rings is 2. The maximum Gasteiger partial charge on any atom is 0.324 e. The highest BCUT2D eigenvalue weighted by Gasteiger charge is 2.11. The van der Waals surface area contributed by atoms with Gasteiger partial charge in [-0.15, -0.1) is 0 Å². The van der Waals surface area contributed by atoms with Gasteiger partial charge in [0, 0.05) is 31.4 Å². The number of amides is 2. The lowest BCUT2D eigenvalue weighted by molar-refractivity contribution is 0.0322. The Kier molecular flexibility index (Phi) is 8.37. The summed E-state index contributed by atoms with van der Waals surface area (Å²) in [5.41, 5.74) is 1.14. The molecule has 1 aliphatic rings. The first-order chi connectivity index (χ1) is 16.6. The van der Waals surface area contributed by atoms with Crippen molar-refractivity contribution in [1.82, 2.24) is 14.9 Å². The van der Waals surface area contributed by atoms with Gasteiger partial charge in [-0.3, -0.25) is 10.2 Å². The number of rotatable bonds is 8. The molecule has 1 aromatic heterocycles. The molecule has 178 valence electrons. The predicted molar refractivity (Wildman–Crippen MR) is 134 cm³/mol. The van der Waals surface area contributed by atoms with Crippen molar-refractivity contribution in [1.29, 1.82) is 0 Å². The van der Waals surface area contributed by atoms with Crippen molar-refractivity contribution in [2.24, 2.45) is 0 Å². The van der Waals surface area contributed by atoms with E-state index in [1.807, 2.05) is 24.3 Å². The zero-order valence-electron chi connectivity index (χ0n) is 18.3. The number of nitrogens with one attached hydrogen (secondary N) is 3. The van der Waals surface area contributed by atoms with Crippen molar-refractivity contribution < 1.29 is 14.3 Å². The van der Waals surface area contributed by atoms with Gasteiger partial charge in [0.05, 0.1) is 28.9 Å². The topological polar surface area (TPSA) is 101 Å². The fourth-order valence-electron chi connectivity index (χ4n) is 3.27. The van der Waals surface area contributed by atoms with Gasteiger partial charge >= 0.3 is 6.03 Å². The third-order valence-electron chi connectivity index (χ3n) is 5.02. The third-order valence-corrected chi connectivity index (χ3v) is 5.65. The number of ether oxygens (including phenoxy) is 2. The molecule has 0 saturated carbocycles. The van der Waals surface area contributed by atoms with E-state index in [1.54, 1.807) is 24.3 Å². The van der Waals surface area contributed by atoms with Crippen LogP contribution >= 0.6 is 23.2 Å². The van der Waals surface area contributed by atoms with Gasteiger partial charge in [-0.1, -0.05) is 29.3 Å². The van der Waals surface area contributed by atoms with Crippen molar-refractivity contribution >= 4 is 52.2 Å². The molecule has 2 heterocycles. The van der Waals surface area contributed by atoms with E-state index in [9.17, 15) is 4.79 Å². The van der Waals surface area contributed by atoms with Crippen LogP contribution in [0.25, 0.3) is 0 Å². The smallest absolute Gasteiger partial charge is 0.324 e. The molecule has 3 aromatic rings. The number of hydrogen-bond donors (Lipinski definition) is 3. The molecule has 0 unspecified atom stereocenters. The maximum atomic E-state index is 12.3. The summed E-state index contributed by atoms with van der Waals surface area (Å²) in [4.78, 5) is 22.9. The molecular weight excluding hydrogens is 479 g/mol. The summed E-state index contributed by atoms with van der Waals surface area (Å²) in [6.07, 6.45) is 1.35. The number of morpholine rings is 1. The minimum absolute atomic E-state index is 0.307. The summed E-state index contributed by atoms with van der Waals surface area (Å²) in [5.74, 6) is 1.61. The molecule has 2 amide bonds. The first-order valence-corrected chi connectivity index (χ1v) is 11.5. The Morgan fingerprint density at radius 2 is 1.71 bits per heavy atom. The van der Waals surface area contributed by atoms with Gasteiger partial charge in [-0.25, -0.2) is 14.8 Å². The van der Waals surface area contributed by atoms with Crippen LogP contribution in [0.1, 0.15) is 0 Å². The van der Waals surface area contributed by atoms with Crippen molar-refractivity contribution in [3.8, 4) is 5.75 Å². The molecule has 34 heavy (non-hydrogen) atoms. The molecule has 1 aliphatic heterocycles. The normalized spacial score (nSPS) is 13.8. The minimum atomic E-state index is -0.529. The Hall–Kier alpha value is -3.11. The number of carbonyl (C=O) groups excluding carboxylic acids is 1. The fraction of sp³-hybridized carbons (Fsp3) is 0.261. The zero-order chi connectivity index (χ0) is 23.8. The van der Waals surface area contributed by atoms with E-state index in [0.717, 1.165) is 44.3 Å². The van der Waals surface area contributed by atoms with E-state index in [4.69, 9.17) is 32.7 Å². The number of halogens is 2. The van der Waals surface area contributed by atoms with E-state index in [-0.39, 0.29) is 0 Å². The Labute approximate surface area is 207 Å². The standard InChI is InChI=1S/C23H24Cl2N6O3/c24-18-2-1-3-19(25)22(18)30-23(32)29-21-14-20(26-15-27-21)28-16-4-6-17(7-5-16)34-13-10-31-8-11-33-12-9-31/h1-7,14-15H,8-13H2,(H3,26,27,28,29,30,32). The largest absolute Gasteiger partial charge is 0.492 e. The van der Waals surface area contributed by atoms with Gasteiger partial charge in [0.1, 0.15) is 30.3 Å². The first-order valence-electron chi connectivity index (χ1n) is 10.7. The highest BCUT2D eigenvalue weighted by Crippen LogP contribution is 2.30. The van der Waals surface area contributed by atoms with Crippen molar-refractivity contribution in [3.63, 3.8) is 0 Å². The van der Waals surface area contributed by atoms with Crippen molar-refractivity contribution in [2.75, 3.05) is 55.4 Å². The molecule has 0 bridgehead atoms. The molecule has 3 N–H and O–H groups in total. The molecule has 2 aromatic carbocycles. The Morgan fingerprint density at radius 3 is 2.44 bits per heavy atom. The van der Waals surface area contributed by atoms with E-state index in [2.05, 4.69) is 30.8 Å². The molecule has 0 aliphatic carbocycles. The second kappa shape index (κ2) is 11.8. The zero-order valence-corrected chi connectivity index (χ0v) is 19.8. The second-order valence-corrected chi connectivity index (χ2v) is 8.23. The van der Waals surface area contributed by atoms with Crippen LogP contribution in [0.3, 0.4) is 0 Å². The predicted octanol–water partition coefficient (Wildman–Crippen LogP) is 4.88. The van der Waals surface area contributed by atoms with Crippen LogP contribution in [-0.2, 0) is 4.74 Å². The van der Waals surface area contributed by atoms with Crippen LogP contribution in [0.4, 0.5) is 27.8 Å². The number of nitrogens with zero attached hydrogens (tertiary/aromatic N) is 3. The van der Waals surface area contributed by atoms with Gasteiger partial charge in [0.25, 0.3) is 0 Å². The van der Waals surface area contributed by atoms with Gasteiger partial charge < -0.3 is 20.1 Å². The summed E-state index contributed by atoms with van der Waals surface area (Å²) < 4.78 is 11.2. The Morgan fingerprint density at radius 1 is 1.00 bits per heavy atom. The molecule has 1 saturated heterocycles. The summed E-state index contributed by atoms with van der Waals surface area (Å²) in [5, 5.41) is 9.11. The van der Waals surface area contributed by atoms with Crippen LogP contribution in [0, 0.1) is 0 Å². The number of aromatic nitrogens is 2. The lowest BCUT2D eigenvalue weighted by atomic mass is 10.3. The summed E-state index contributed by atoms with van der Waals surface area (Å²) in [6.45, 7) is 4.93. The molecule has 9 nitrogen and oxygen atoms in total. The van der Waals surface area contributed by atoms with Gasteiger partial charge in [-0.05, 0) is 36.4 Å². The minimum Gasteiger partial charge on any atom is -0.492 e. The second-order valence-electron chi connectivity index (χ2n) is 7.42. The van der Waals surface area contributed by atoms with E-state index >= 15 is 0 Å². The number of anilines is 4. The van der Waals surface area contributed by atoms with Crippen LogP contribution < -0.4 is 20.7 Å². The van der Waals surface area contributed by atoms with Gasteiger partial charge in [-0.2, -0.15) is 0 Å². The lowest BCUT2D eigenvalue weighted by Gasteiger charge is -2.26. The Bertz CT molecular complexity index is 1090. The van der Waals surface area contributed by atoms with E-state index in [1.165, 1.54) is 6.33 Å². The number of carbonyl (C=O) groups is 1. The van der Waals surface area contributed by atoms with Crippen LogP contribution in [0.5, 0.6) is 5.75 Å². The van der Waals surface area contributed by atoms with Crippen LogP contribution in [0.2, 0.25) is 10.0 Å². The van der Waals surface area contributed by atoms with Gasteiger partial charge in [0.2, 0.25) is 0 Å². The third kappa shape index (κ3) is 6.94. The molecule has 0 spiro atoms. The average molecular weight is 503 g/mol. The molecule has 4 rings (SSSR count). The number of urea groups is 1. The molecular formula is C23H24Cl2N6O3.